The maximum atomic E-state index is 12.5. The molecule has 1 atom stereocenters. The first-order valence-electron chi connectivity index (χ1n) is 8.81. The van der Waals surface area contributed by atoms with Gasteiger partial charge in [0.2, 0.25) is 11.8 Å². The Balaban J connectivity index is 2.09. The lowest BCUT2D eigenvalue weighted by Crippen LogP contribution is -2.45. The molecule has 1 aliphatic heterocycles. The number of rotatable bonds is 7. The molecule has 8 nitrogen and oxygen atoms in total. The first-order chi connectivity index (χ1) is 12.5. The van der Waals surface area contributed by atoms with Gasteiger partial charge in [-0.05, 0) is 37.5 Å². The number of likely N-dealkylation sites (tertiary alicyclic amines) is 1. The third-order valence-corrected chi connectivity index (χ3v) is 4.34. The Labute approximate surface area is 153 Å². The Morgan fingerprint density at radius 2 is 2.08 bits per heavy atom. The lowest BCUT2D eigenvalue weighted by atomic mass is 10.2. The van der Waals surface area contributed by atoms with Crippen molar-refractivity contribution in [1.82, 2.24) is 4.90 Å². The van der Waals surface area contributed by atoms with E-state index in [-0.39, 0.29) is 11.8 Å². The molecule has 4 amide bonds. The average molecular weight is 362 g/mol. The van der Waals surface area contributed by atoms with Gasteiger partial charge in [-0.1, -0.05) is 13.3 Å². The lowest BCUT2D eigenvalue weighted by molar-refractivity contribution is -0.119. The average Bonchev–Trinajstić information content (AvgIpc) is 3.10. The summed E-state index contributed by atoms with van der Waals surface area (Å²) < 4.78 is 5.26. The number of ether oxygens (including phenoxy) is 1. The molecule has 0 aliphatic carbocycles. The highest BCUT2D eigenvalue weighted by atomic mass is 16.5. The van der Waals surface area contributed by atoms with Crippen LogP contribution in [0.1, 0.15) is 39.0 Å². The van der Waals surface area contributed by atoms with E-state index in [9.17, 15) is 14.4 Å². The van der Waals surface area contributed by atoms with Gasteiger partial charge in [-0.2, -0.15) is 0 Å². The lowest BCUT2D eigenvalue weighted by Gasteiger charge is -2.22. The van der Waals surface area contributed by atoms with Crippen LogP contribution in [0.4, 0.5) is 16.2 Å². The molecule has 1 aromatic carbocycles. The van der Waals surface area contributed by atoms with Crippen LogP contribution in [-0.2, 0) is 9.59 Å². The number of unbranched alkanes of at least 4 members (excludes halogenated alkanes) is 1. The van der Waals surface area contributed by atoms with Crippen LogP contribution in [0.3, 0.4) is 0 Å². The van der Waals surface area contributed by atoms with E-state index in [1.54, 1.807) is 18.2 Å². The molecule has 2 rings (SSSR count). The summed E-state index contributed by atoms with van der Waals surface area (Å²) in [4.78, 5) is 37.3. The molecular formula is C18H26N4O4. The fourth-order valence-electron chi connectivity index (χ4n) is 2.96. The number of urea groups is 1. The van der Waals surface area contributed by atoms with Crippen LogP contribution in [0.15, 0.2) is 18.2 Å². The monoisotopic (exact) mass is 362 g/mol. The van der Waals surface area contributed by atoms with Crippen molar-refractivity contribution in [3.05, 3.63) is 18.2 Å². The Kier molecular flexibility index (Phi) is 6.82. The van der Waals surface area contributed by atoms with E-state index in [0.29, 0.717) is 36.5 Å². The summed E-state index contributed by atoms with van der Waals surface area (Å²) in [6.07, 6.45) is 3.47. The fourth-order valence-corrected chi connectivity index (χ4v) is 2.96. The Morgan fingerprint density at radius 1 is 1.31 bits per heavy atom. The van der Waals surface area contributed by atoms with Crippen LogP contribution in [0, 0.1) is 0 Å². The topological polar surface area (TPSA) is 114 Å². The van der Waals surface area contributed by atoms with Crippen LogP contribution >= 0.6 is 0 Å². The molecular weight excluding hydrogens is 336 g/mol. The summed E-state index contributed by atoms with van der Waals surface area (Å²) >= 11 is 0. The molecule has 0 unspecified atom stereocenters. The van der Waals surface area contributed by atoms with Gasteiger partial charge in [-0.25, -0.2) is 4.79 Å². The van der Waals surface area contributed by atoms with E-state index >= 15 is 0 Å². The predicted octanol–water partition coefficient (Wildman–Crippen LogP) is 2.31. The number of nitrogens with two attached hydrogens (primary N) is 1. The second-order valence-electron chi connectivity index (χ2n) is 6.25. The molecule has 0 saturated carbocycles. The summed E-state index contributed by atoms with van der Waals surface area (Å²) in [6.45, 7) is 2.50. The van der Waals surface area contributed by atoms with E-state index in [1.807, 2.05) is 6.92 Å². The Hall–Kier alpha value is -2.77. The molecule has 0 aromatic heterocycles. The van der Waals surface area contributed by atoms with Crippen molar-refractivity contribution in [2.24, 2.45) is 5.73 Å². The van der Waals surface area contributed by atoms with Crippen molar-refractivity contribution in [3.8, 4) is 5.75 Å². The molecule has 142 valence electrons. The van der Waals surface area contributed by atoms with Gasteiger partial charge in [-0.15, -0.1) is 0 Å². The molecule has 1 fully saturated rings. The third-order valence-electron chi connectivity index (χ3n) is 4.34. The van der Waals surface area contributed by atoms with Crippen LogP contribution in [0.25, 0.3) is 0 Å². The van der Waals surface area contributed by atoms with E-state index in [4.69, 9.17) is 10.5 Å². The number of hydrogen-bond donors (Lipinski definition) is 3. The fraction of sp³-hybridized carbons (Fsp3) is 0.500. The molecule has 1 aromatic rings. The number of carbonyl (C=O) groups excluding carboxylic acids is 3. The largest absolute Gasteiger partial charge is 0.495 e. The molecule has 0 spiro atoms. The number of nitrogens with zero attached hydrogens (tertiary/aromatic N) is 1. The summed E-state index contributed by atoms with van der Waals surface area (Å²) in [5.41, 5.74) is 6.32. The molecule has 26 heavy (non-hydrogen) atoms. The number of nitrogens with one attached hydrogen (secondary N) is 2. The van der Waals surface area contributed by atoms with Gasteiger partial charge in [-0.3, -0.25) is 9.59 Å². The Bertz CT molecular complexity index is 677. The molecule has 4 N–H and O–H groups in total. The summed E-state index contributed by atoms with van der Waals surface area (Å²) in [5, 5.41) is 5.59. The SMILES string of the molecule is CCCCC(=O)Nc1cc(NC(=O)[C@@H]2CCCN2C(N)=O)ccc1OC. The number of anilines is 2. The van der Waals surface area contributed by atoms with Crippen molar-refractivity contribution in [2.75, 3.05) is 24.3 Å². The third kappa shape index (κ3) is 4.87. The molecule has 0 radical (unpaired) electrons. The first kappa shape index (κ1) is 19.6. The predicted molar refractivity (Wildman–Crippen MR) is 99.1 cm³/mol. The van der Waals surface area contributed by atoms with Crippen LogP contribution in [-0.4, -0.2) is 42.4 Å². The minimum Gasteiger partial charge on any atom is -0.495 e. The number of primary amides is 1. The molecule has 0 bridgehead atoms. The molecule has 1 heterocycles. The number of methoxy groups -OCH3 is 1. The first-order valence-corrected chi connectivity index (χ1v) is 8.81. The standard InChI is InChI=1S/C18H26N4O4/c1-3-4-7-16(23)21-13-11-12(8-9-15(13)26-2)20-17(24)14-6-5-10-22(14)18(19)25/h8-9,11,14H,3-7,10H2,1-2H3,(H2,19,25)(H,20,24)(H,21,23)/t14-/m0/s1. The van der Waals surface area contributed by atoms with Gasteiger partial charge in [0.1, 0.15) is 11.8 Å². The van der Waals surface area contributed by atoms with E-state index in [2.05, 4.69) is 10.6 Å². The molecule has 8 heteroatoms. The van der Waals surface area contributed by atoms with Crippen molar-refractivity contribution in [1.29, 1.82) is 0 Å². The van der Waals surface area contributed by atoms with Crippen molar-refractivity contribution >= 4 is 29.2 Å². The normalized spacial score (nSPS) is 16.2. The van der Waals surface area contributed by atoms with Gasteiger partial charge in [0.25, 0.3) is 0 Å². The summed E-state index contributed by atoms with van der Waals surface area (Å²) in [7, 11) is 1.51. The zero-order valence-corrected chi connectivity index (χ0v) is 15.2. The molecule has 1 aliphatic rings. The quantitative estimate of drug-likeness (QED) is 0.690. The van der Waals surface area contributed by atoms with Crippen LogP contribution in [0.5, 0.6) is 5.75 Å². The van der Waals surface area contributed by atoms with Crippen LogP contribution < -0.4 is 21.1 Å². The zero-order chi connectivity index (χ0) is 19.1. The highest BCUT2D eigenvalue weighted by Crippen LogP contribution is 2.29. The van der Waals surface area contributed by atoms with E-state index < -0.39 is 12.1 Å². The minimum atomic E-state index is -0.596. The second-order valence-corrected chi connectivity index (χ2v) is 6.25. The molecule has 1 saturated heterocycles. The van der Waals surface area contributed by atoms with Crippen molar-refractivity contribution in [3.63, 3.8) is 0 Å². The van der Waals surface area contributed by atoms with Gasteiger partial charge in [0.05, 0.1) is 12.8 Å². The second kappa shape index (κ2) is 9.07. The zero-order valence-electron chi connectivity index (χ0n) is 15.2. The highest BCUT2D eigenvalue weighted by molar-refractivity contribution is 5.99. The number of amides is 4. The van der Waals surface area contributed by atoms with Crippen molar-refractivity contribution in [2.45, 2.75) is 45.1 Å². The van der Waals surface area contributed by atoms with Gasteiger partial charge < -0.3 is 26.0 Å². The van der Waals surface area contributed by atoms with E-state index in [1.165, 1.54) is 12.0 Å². The minimum absolute atomic E-state index is 0.107. The van der Waals surface area contributed by atoms with Crippen LogP contribution in [0.2, 0.25) is 0 Å². The number of hydrogen-bond acceptors (Lipinski definition) is 4. The Morgan fingerprint density at radius 3 is 2.73 bits per heavy atom. The summed E-state index contributed by atoms with van der Waals surface area (Å²) in [6, 6.07) is 3.83. The number of benzene rings is 1. The smallest absolute Gasteiger partial charge is 0.315 e. The summed E-state index contributed by atoms with van der Waals surface area (Å²) in [5.74, 6) is 0.103. The maximum absolute atomic E-state index is 12.5. The maximum Gasteiger partial charge on any atom is 0.315 e. The van der Waals surface area contributed by atoms with Crippen molar-refractivity contribution < 1.29 is 19.1 Å². The van der Waals surface area contributed by atoms with Gasteiger partial charge >= 0.3 is 6.03 Å². The van der Waals surface area contributed by atoms with Gasteiger partial charge in [0, 0.05) is 18.7 Å². The number of carbonyl (C=O) groups is 3. The van der Waals surface area contributed by atoms with Gasteiger partial charge in [0.15, 0.2) is 0 Å². The van der Waals surface area contributed by atoms with E-state index in [0.717, 1.165) is 19.3 Å². The highest BCUT2D eigenvalue weighted by Gasteiger charge is 2.33.